The Morgan fingerprint density at radius 2 is 2.14 bits per heavy atom. The van der Waals surface area contributed by atoms with E-state index in [4.69, 9.17) is 0 Å². The molecular weight excluding hydrogens is 172 g/mol. The molecule has 14 heavy (non-hydrogen) atoms. The standard InChI is InChI=1S/C13H22O/c1-4-11-10(8-14)5-9-6-13(2,3)7-12(9)11/h4,9-12,14H,1,5-8H2,2-3H3/t9-,10?,11?,12+/m0/s1. The molecule has 4 atom stereocenters. The molecule has 1 nitrogen and oxygen atoms in total. The van der Waals surface area contributed by atoms with Crippen LogP contribution in [-0.4, -0.2) is 11.7 Å². The Balaban J connectivity index is 2.13. The van der Waals surface area contributed by atoms with Crippen molar-refractivity contribution >= 4 is 0 Å². The molecule has 0 saturated heterocycles. The highest BCUT2D eigenvalue weighted by molar-refractivity contribution is 5.04. The van der Waals surface area contributed by atoms with Gasteiger partial charge in [0.1, 0.15) is 0 Å². The van der Waals surface area contributed by atoms with Gasteiger partial charge in [-0.1, -0.05) is 19.9 Å². The molecule has 1 N–H and O–H groups in total. The minimum atomic E-state index is 0.351. The Hall–Kier alpha value is -0.300. The first-order valence-electron chi connectivity index (χ1n) is 5.81. The quantitative estimate of drug-likeness (QED) is 0.670. The second kappa shape index (κ2) is 3.37. The zero-order valence-corrected chi connectivity index (χ0v) is 9.37. The van der Waals surface area contributed by atoms with Crippen molar-refractivity contribution in [3.05, 3.63) is 12.7 Å². The van der Waals surface area contributed by atoms with E-state index < -0.39 is 0 Å². The van der Waals surface area contributed by atoms with E-state index in [1.54, 1.807) is 0 Å². The molecule has 1 heteroatoms. The summed E-state index contributed by atoms with van der Waals surface area (Å²) in [5.41, 5.74) is 0.525. The summed E-state index contributed by atoms with van der Waals surface area (Å²) in [4.78, 5) is 0. The van der Waals surface area contributed by atoms with Crippen molar-refractivity contribution in [3.8, 4) is 0 Å². The Morgan fingerprint density at radius 3 is 2.71 bits per heavy atom. The molecule has 0 heterocycles. The lowest BCUT2D eigenvalue weighted by Gasteiger charge is -2.23. The van der Waals surface area contributed by atoms with Crippen LogP contribution in [0.2, 0.25) is 0 Å². The first-order chi connectivity index (χ1) is 6.57. The van der Waals surface area contributed by atoms with E-state index in [0.29, 0.717) is 23.9 Å². The normalized spacial score (nSPS) is 45.1. The summed E-state index contributed by atoms with van der Waals surface area (Å²) in [5.74, 6) is 2.73. The van der Waals surface area contributed by atoms with Crippen molar-refractivity contribution in [3.63, 3.8) is 0 Å². The Bertz CT molecular complexity index is 231. The van der Waals surface area contributed by atoms with Crippen LogP contribution >= 0.6 is 0 Å². The number of hydrogen-bond donors (Lipinski definition) is 1. The van der Waals surface area contributed by atoms with Crippen LogP contribution in [0.3, 0.4) is 0 Å². The average Bonchev–Trinajstić information content (AvgIpc) is 2.55. The lowest BCUT2D eigenvalue weighted by atomic mass is 9.82. The minimum absolute atomic E-state index is 0.351. The highest BCUT2D eigenvalue weighted by Gasteiger charge is 2.49. The van der Waals surface area contributed by atoms with Crippen LogP contribution in [-0.2, 0) is 0 Å². The van der Waals surface area contributed by atoms with E-state index in [-0.39, 0.29) is 0 Å². The summed E-state index contributed by atoms with van der Waals surface area (Å²) in [7, 11) is 0. The van der Waals surface area contributed by atoms with Crippen molar-refractivity contribution in [2.75, 3.05) is 6.61 Å². The van der Waals surface area contributed by atoms with Crippen molar-refractivity contribution in [2.24, 2.45) is 29.1 Å². The van der Waals surface area contributed by atoms with Gasteiger partial charge in [0.05, 0.1) is 0 Å². The maximum Gasteiger partial charge on any atom is 0.0465 e. The molecule has 2 saturated carbocycles. The predicted octanol–water partition coefficient (Wildman–Crippen LogP) is 2.85. The van der Waals surface area contributed by atoms with E-state index in [1.165, 1.54) is 19.3 Å². The van der Waals surface area contributed by atoms with Crippen molar-refractivity contribution in [2.45, 2.75) is 33.1 Å². The van der Waals surface area contributed by atoms with E-state index >= 15 is 0 Å². The lowest BCUT2D eigenvalue weighted by Crippen LogP contribution is -2.17. The Morgan fingerprint density at radius 1 is 1.43 bits per heavy atom. The first-order valence-corrected chi connectivity index (χ1v) is 5.81. The van der Waals surface area contributed by atoms with E-state index in [0.717, 1.165) is 11.8 Å². The molecule has 2 fully saturated rings. The maximum atomic E-state index is 9.31. The van der Waals surface area contributed by atoms with Crippen LogP contribution in [0.25, 0.3) is 0 Å². The van der Waals surface area contributed by atoms with Gasteiger partial charge >= 0.3 is 0 Å². The average molecular weight is 194 g/mol. The van der Waals surface area contributed by atoms with E-state index in [2.05, 4.69) is 26.5 Å². The van der Waals surface area contributed by atoms with Gasteiger partial charge in [-0.15, -0.1) is 6.58 Å². The van der Waals surface area contributed by atoms with Gasteiger partial charge in [-0.3, -0.25) is 0 Å². The topological polar surface area (TPSA) is 20.2 Å². The molecule has 2 rings (SSSR count). The fourth-order valence-electron chi connectivity index (χ4n) is 3.92. The zero-order valence-electron chi connectivity index (χ0n) is 9.37. The molecule has 2 aliphatic rings. The van der Waals surface area contributed by atoms with Crippen LogP contribution in [0.5, 0.6) is 0 Å². The molecule has 80 valence electrons. The molecule has 0 aromatic heterocycles. The van der Waals surface area contributed by atoms with Crippen molar-refractivity contribution in [1.29, 1.82) is 0 Å². The molecule has 0 aromatic rings. The van der Waals surface area contributed by atoms with Crippen LogP contribution in [0.15, 0.2) is 12.7 Å². The fourth-order valence-corrected chi connectivity index (χ4v) is 3.92. The Kier molecular flexibility index (Phi) is 2.46. The zero-order chi connectivity index (χ0) is 10.3. The smallest absolute Gasteiger partial charge is 0.0465 e. The number of hydrogen-bond acceptors (Lipinski definition) is 1. The largest absolute Gasteiger partial charge is 0.396 e. The second-order valence-electron chi connectivity index (χ2n) is 5.99. The summed E-state index contributed by atoms with van der Waals surface area (Å²) in [6.07, 6.45) is 5.98. The van der Waals surface area contributed by atoms with Gasteiger partial charge in [0, 0.05) is 6.61 Å². The van der Waals surface area contributed by atoms with Crippen LogP contribution in [0, 0.1) is 29.1 Å². The summed E-state index contributed by atoms with van der Waals surface area (Å²) in [5, 5.41) is 9.31. The van der Waals surface area contributed by atoms with Gasteiger partial charge in [0.2, 0.25) is 0 Å². The molecule has 2 unspecified atom stereocenters. The number of aliphatic hydroxyl groups excluding tert-OH is 1. The number of fused-ring (bicyclic) bond motifs is 1. The van der Waals surface area contributed by atoms with Gasteiger partial charge in [0.15, 0.2) is 0 Å². The van der Waals surface area contributed by atoms with Gasteiger partial charge in [-0.05, 0) is 48.3 Å². The summed E-state index contributed by atoms with van der Waals surface area (Å²) >= 11 is 0. The van der Waals surface area contributed by atoms with Gasteiger partial charge in [0.25, 0.3) is 0 Å². The van der Waals surface area contributed by atoms with Crippen molar-refractivity contribution < 1.29 is 5.11 Å². The molecule has 0 radical (unpaired) electrons. The SMILES string of the molecule is C=CC1C(CO)C[C@H]2CC(C)(C)C[C@@H]12. The molecule has 0 aliphatic heterocycles. The van der Waals surface area contributed by atoms with Crippen molar-refractivity contribution in [1.82, 2.24) is 0 Å². The lowest BCUT2D eigenvalue weighted by molar-refractivity contribution is 0.187. The highest BCUT2D eigenvalue weighted by Crippen LogP contribution is 2.57. The van der Waals surface area contributed by atoms with Crippen LogP contribution < -0.4 is 0 Å². The Labute approximate surface area is 87.2 Å². The predicted molar refractivity (Wildman–Crippen MR) is 58.9 cm³/mol. The van der Waals surface area contributed by atoms with E-state index in [1.807, 2.05) is 0 Å². The molecular formula is C13H22O. The van der Waals surface area contributed by atoms with Gasteiger partial charge < -0.3 is 5.11 Å². The molecule has 2 aliphatic carbocycles. The monoisotopic (exact) mass is 194 g/mol. The van der Waals surface area contributed by atoms with E-state index in [9.17, 15) is 5.11 Å². The molecule has 0 aromatic carbocycles. The molecule has 0 spiro atoms. The van der Waals surface area contributed by atoms with Gasteiger partial charge in [-0.25, -0.2) is 0 Å². The first kappa shape index (κ1) is 10.2. The third-order valence-corrected chi connectivity index (χ3v) is 4.36. The number of aliphatic hydroxyl groups is 1. The van der Waals surface area contributed by atoms with Crippen LogP contribution in [0.4, 0.5) is 0 Å². The minimum Gasteiger partial charge on any atom is -0.396 e. The summed E-state index contributed by atoms with van der Waals surface area (Å²) in [6.45, 7) is 9.04. The highest BCUT2D eigenvalue weighted by atomic mass is 16.3. The maximum absolute atomic E-state index is 9.31. The molecule has 0 bridgehead atoms. The third kappa shape index (κ3) is 1.52. The van der Waals surface area contributed by atoms with Crippen LogP contribution in [0.1, 0.15) is 33.1 Å². The fraction of sp³-hybridized carbons (Fsp3) is 0.846. The second-order valence-corrected chi connectivity index (χ2v) is 5.99. The number of rotatable bonds is 2. The van der Waals surface area contributed by atoms with Gasteiger partial charge in [-0.2, -0.15) is 0 Å². The summed E-state index contributed by atoms with van der Waals surface area (Å²) < 4.78 is 0. The summed E-state index contributed by atoms with van der Waals surface area (Å²) in [6, 6.07) is 0. The molecule has 0 amide bonds. The number of allylic oxidation sites excluding steroid dienone is 1. The third-order valence-electron chi connectivity index (χ3n) is 4.36.